The van der Waals surface area contributed by atoms with Gasteiger partial charge in [0, 0.05) is 29.8 Å². The fraction of sp³-hybridized carbons (Fsp3) is 0.0476. The first-order valence-electron chi connectivity index (χ1n) is 8.62. The molecule has 0 saturated heterocycles. The lowest BCUT2D eigenvalue weighted by Gasteiger charge is -2.11. The minimum atomic E-state index is -0.244. The van der Waals surface area contributed by atoms with Gasteiger partial charge >= 0.3 is 0 Å². The number of rotatable bonds is 4. The fourth-order valence-electron chi connectivity index (χ4n) is 2.84. The van der Waals surface area contributed by atoms with E-state index in [4.69, 9.17) is 11.6 Å². The first-order valence-corrected chi connectivity index (χ1v) is 8.99. The molecule has 0 fully saturated rings. The number of benzene rings is 1. The molecular weight excluding hydrogens is 374 g/mol. The van der Waals surface area contributed by atoms with E-state index < -0.39 is 0 Å². The van der Waals surface area contributed by atoms with Crippen LogP contribution >= 0.6 is 11.6 Å². The molecule has 1 N–H and O–H groups in total. The average Bonchev–Trinajstić information content (AvgIpc) is 3.25. The molecule has 6 nitrogen and oxygen atoms in total. The smallest absolute Gasteiger partial charge is 0.257 e. The van der Waals surface area contributed by atoms with E-state index in [1.54, 1.807) is 54.5 Å². The quantitative estimate of drug-likeness (QED) is 0.556. The zero-order valence-electron chi connectivity index (χ0n) is 15.0. The van der Waals surface area contributed by atoms with Crippen molar-refractivity contribution in [2.45, 2.75) is 6.92 Å². The normalized spacial score (nSPS) is 10.6. The Balaban J connectivity index is 1.59. The maximum atomic E-state index is 12.7. The molecule has 0 aliphatic rings. The van der Waals surface area contributed by atoms with Crippen LogP contribution in [-0.4, -0.2) is 25.7 Å². The predicted octanol–water partition coefficient (Wildman–Crippen LogP) is 4.54. The Morgan fingerprint density at radius 2 is 1.96 bits per heavy atom. The van der Waals surface area contributed by atoms with E-state index in [0.717, 1.165) is 11.3 Å². The highest BCUT2D eigenvalue weighted by atomic mass is 35.5. The van der Waals surface area contributed by atoms with Crippen LogP contribution in [0.5, 0.6) is 0 Å². The molecule has 3 aromatic heterocycles. The highest BCUT2D eigenvalue weighted by molar-refractivity contribution is 6.33. The van der Waals surface area contributed by atoms with E-state index in [1.807, 2.05) is 30.3 Å². The van der Waals surface area contributed by atoms with Crippen molar-refractivity contribution >= 4 is 23.2 Å². The van der Waals surface area contributed by atoms with Crippen molar-refractivity contribution in [2.24, 2.45) is 0 Å². The Morgan fingerprint density at radius 3 is 2.68 bits per heavy atom. The molecule has 0 aliphatic carbocycles. The topological polar surface area (TPSA) is 72.7 Å². The number of anilines is 1. The fourth-order valence-corrected chi connectivity index (χ4v) is 3.05. The molecule has 4 aromatic rings. The van der Waals surface area contributed by atoms with E-state index in [-0.39, 0.29) is 5.91 Å². The summed E-state index contributed by atoms with van der Waals surface area (Å²) in [5.74, 6) is 0.411. The Kier molecular flexibility index (Phi) is 4.87. The van der Waals surface area contributed by atoms with Crippen molar-refractivity contribution < 1.29 is 4.79 Å². The second kappa shape index (κ2) is 7.62. The van der Waals surface area contributed by atoms with Crippen molar-refractivity contribution in [3.8, 4) is 17.1 Å². The van der Waals surface area contributed by atoms with Gasteiger partial charge in [0.05, 0.1) is 22.0 Å². The molecular formula is C21H16ClN5O. The van der Waals surface area contributed by atoms with Crippen molar-refractivity contribution in [1.29, 1.82) is 0 Å². The highest BCUT2D eigenvalue weighted by Gasteiger charge is 2.13. The standard InChI is InChI=1S/C21H16ClN5O/c1-14-16(7-9-20(25-14)27-12-4-11-24-27)21(28)26-15-6-8-18(22)17(13-15)19-5-2-3-10-23-19/h2-13H,1H3,(H,26,28). The monoisotopic (exact) mass is 389 g/mol. The number of halogens is 1. The number of nitrogens with zero attached hydrogens (tertiary/aromatic N) is 4. The molecule has 0 radical (unpaired) electrons. The van der Waals surface area contributed by atoms with Gasteiger partial charge in [-0.1, -0.05) is 17.7 Å². The Hall–Kier alpha value is -3.51. The van der Waals surface area contributed by atoms with Gasteiger partial charge in [-0.15, -0.1) is 0 Å². The molecule has 28 heavy (non-hydrogen) atoms. The lowest BCUT2D eigenvalue weighted by Crippen LogP contribution is -2.15. The lowest BCUT2D eigenvalue weighted by molar-refractivity contribution is 0.102. The predicted molar refractivity (Wildman–Crippen MR) is 109 cm³/mol. The van der Waals surface area contributed by atoms with E-state index in [2.05, 4.69) is 20.4 Å². The van der Waals surface area contributed by atoms with Crippen molar-refractivity contribution in [2.75, 3.05) is 5.32 Å². The van der Waals surface area contributed by atoms with Crippen LogP contribution in [0.25, 0.3) is 17.1 Å². The number of carbonyl (C=O) groups is 1. The molecule has 7 heteroatoms. The Morgan fingerprint density at radius 1 is 1.07 bits per heavy atom. The molecule has 138 valence electrons. The number of pyridine rings is 2. The molecule has 0 unspecified atom stereocenters. The van der Waals surface area contributed by atoms with Crippen molar-refractivity contribution in [1.82, 2.24) is 19.7 Å². The van der Waals surface area contributed by atoms with Crippen LogP contribution in [0.1, 0.15) is 16.1 Å². The summed E-state index contributed by atoms with van der Waals surface area (Å²) in [7, 11) is 0. The number of hydrogen-bond donors (Lipinski definition) is 1. The molecule has 0 saturated carbocycles. The van der Waals surface area contributed by atoms with Gasteiger partial charge in [0.2, 0.25) is 0 Å². The van der Waals surface area contributed by atoms with E-state index in [0.29, 0.717) is 27.8 Å². The third kappa shape index (κ3) is 3.63. The zero-order valence-corrected chi connectivity index (χ0v) is 15.8. The molecule has 0 atom stereocenters. The SMILES string of the molecule is Cc1nc(-n2cccn2)ccc1C(=O)Nc1ccc(Cl)c(-c2ccccn2)c1. The van der Waals surface area contributed by atoms with Gasteiger partial charge in [0.15, 0.2) is 5.82 Å². The maximum absolute atomic E-state index is 12.7. The molecule has 1 aromatic carbocycles. The zero-order chi connectivity index (χ0) is 19.5. The third-order valence-electron chi connectivity index (χ3n) is 4.22. The molecule has 3 heterocycles. The minimum Gasteiger partial charge on any atom is -0.322 e. The van der Waals surface area contributed by atoms with Crippen LogP contribution in [0, 0.1) is 6.92 Å². The lowest BCUT2D eigenvalue weighted by atomic mass is 10.1. The van der Waals surface area contributed by atoms with Gasteiger partial charge in [-0.25, -0.2) is 9.67 Å². The van der Waals surface area contributed by atoms with Crippen molar-refractivity contribution in [3.05, 3.63) is 89.5 Å². The summed E-state index contributed by atoms with van der Waals surface area (Å²) in [5.41, 5.74) is 3.23. The van der Waals surface area contributed by atoms with E-state index >= 15 is 0 Å². The summed E-state index contributed by atoms with van der Waals surface area (Å²) >= 11 is 6.30. The molecule has 4 rings (SSSR count). The van der Waals surface area contributed by atoms with Gasteiger partial charge in [-0.2, -0.15) is 5.10 Å². The second-order valence-corrected chi connectivity index (χ2v) is 6.52. The number of amides is 1. The number of hydrogen-bond acceptors (Lipinski definition) is 4. The van der Waals surface area contributed by atoms with E-state index in [1.165, 1.54) is 0 Å². The summed E-state index contributed by atoms with van der Waals surface area (Å²) in [5, 5.41) is 7.62. The maximum Gasteiger partial charge on any atom is 0.257 e. The molecule has 0 aliphatic heterocycles. The Labute approximate surface area is 166 Å². The van der Waals surface area contributed by atoms with Crippen LogP contribution < -0.4 is 5.32 Å². The first kappa shape index (κ1) is 17.9. The third-order valence-corrected chi connectivity index (χ3v) is 4.55. The number of carbonyl (C=O) groups excluding carboxylic acids is 1. The summed E-state index contributed by atoms with van der Waals surface area (Å²) in [6, 6.07) is 16.2. The van der Waals surface area contributed by atoms with Crippen LogP contribution in [0.15, 0.2) is 73.2 Å². The molecule has 1 amide bonds. The molecule has 0 bridgehead atoms. The minimum absolute atomic E-state index is 0.244. The highest BCUT2D eigenvalue weighted by Crippen LogP contribution is 2.29. The Bertz CT molecular complexity index is 1130. The largest absolute Gasteiger partial charge is 0.322 e. The molecule has 0 spiro atoms. The van der Waals surface area contributed by atoms with Crippen LogP contribution in [0.3, 0.4) is 0 Å². The van der Waals surface area contributed by atoms with Gasteiger partial charge in [-0.3, -0.25) is 9.78 Å². The number of nitrogens with one attached hydrogen (secondary N) is 1. The van der Waals surface area contributed by atoms with Gasteiger partial charge in [-0.05, 0) is 55.5 Å². The second-order valence-electron chi connectivity index (χ2n) is 6.12. The van der Waals surface area contributed by atoms with Crippen LogP contribution in [-0.2, 0) is 0 Å². The summed E-state index contributed by atoms with van der Waals surface area (Å²) in [6.07, 6.45) is 5.18. The first-order chi connectivity index (χ1) is 13.6. The van der Waals surface area contributed by atoms with Crippen LogP contribution in [0.4, 0.5) is 5.69 Å². The number of aryl methyl sites for hydroxylation is 1. The van der Waals surface area contributed by atoms with E-state index in [9.17, 15) is 4.79 Å². The summed E-state index contributed by atoms with van der Waals surface area (Å²) < 4.78 is 1.65. The summed E-state index contributed by atoms with van der Waals surface area (Å²) in [6.45, 7) is 1.79. The van der Waals surface area contributed by atoms with Gasteiger partial charge in [0.1, 0.15) is 0 Å². The van der Waals surface area contributed by atoms with Crippen LogP contribution in [0.2, 0.25) is 5.02 Å². The summed E-state index contributed by atoms with van der Waals surface area (Å²) in [4.78, 5) is 21.5. The number of aromatic nitrogens is 4. The average molecular weight is 390 g/mol. The van der Waals surface area contributed by atoms with Crippen molar-refractivity contribution in [3.63, 3.8) is 0 Å². The van der Waals surface area contributed by atoms with Gasteiger partial charge in [0.25, 0.3) is 5.91 Å². The van der Waals surface area contributed by atoms with Gasteiger partial charge < -0.3 is 5.32 Å².